The first-order valence-electron chi connectivity index (χ1n) is 8.54. The summed E-state index contributed by atoms with van der Waals surface area (Å²) in [4.78, 5) is 0. The van der Waals surface area contributed by atoms with Crippen LogP contribution in [0, 0.1) is 11.8 Å². The Morgan fingerprint density at radius 2 is 1.81 bits per heavy atom. The minimum Gasteiger partial charge on any atom is -0.497 e. The molecule has 0 amide bonds. The summed E-state index contributed by atoms with van der Waals surface area (Å²) in [6.07, 6.45) is 9.45. The number of hydrogen-bond acceptors (Lipinski definition) is 2. The maximum atomic E-state index is 10.4. The lowest BCUT2D eigenvalue weighted by Crippen LogP contribution is -2.26. The van der Waals surface area contributed by atoms with Crippen molar-refractivity contribution in [1.82, 2.24) is 0 Å². The van der Waals surface area contributed by atoms with Gasteiger partial charge in [-0.3, -0.25) is 0 Å². The van der Waals surface area contributed by atoms with E-state index in [1.165, 1.54) is 44.1 Å². The van der Waals surface area contributed by atoms with Gasteiger partial charge in [-0.2, -0.15) is 0 Å². The van der Waals surface area contributed by atoms with Crippen LogP contribution in [0.15, 0.2) is 24.3 Å². The van der Waals surface area contributed by atoms with Crippen LogP contribution < -0.4 is 4.74 Å². The number of ether oxygens (including phenoxy) is 1. The Bertz CT molecular complexity index is 391. The molecular formula is C19H30O2. The van der Waals surface area contributed by atoms with Gasteiger partial charge in [-0.1, -0.05) is 44.7 Å². The van der Waals surface area contributed by atoms with Crippen LogP contribution in [0.1, 0.15) is 57.4 Å². The number of rotatable bonds is 7. The van der Waals surface area contributed by atoms with E-state index in [1.807, 2.05) is 12.1 Å². The van der Waals surface area contributed by atoms with Gasteiger partial charge >= 0.3 is 0 Å². The van der Waals surface area contributed by atoms with Crippen LogP contribution in [0.25, 0.3) is 0 Å². The van der Waals surface area contributed by atoms with Crippen molar-refractivity contribution in [3.8, 4) is 5.75 Å². The SMILES string of the molecule is CCCC1CCC(C(O)CCc2ccc(OC)cc2)CC1. The number of benzene rings is 1. The monoisotopic (exact) mass is 290 g/mol. The zero-order valence-electron chi connectivity index (χ0n) is 13.6. The Hall–Kier alpha value is -1.02. The van der Waals surface area contributed by atoms with Crippen LogP contribution in [-0.2, 0) is 6.42 Å². The highest BCUT2D eigenvalue weighted by Crippen LogP contribution is 2.34. The fraction of sp³-hybridized carbons (Fsp3) is 0.684. The molecule has 1 N–H and O–H groups in total. The number of aliphatic hydroxyl groups excluding tert-OH is 1. The molecule has 1 saturated carbocycles. The highest BCUT2D eigenvalue weighted by Gasteiger charge is 2.25. The first-order chi connectivity index (χ1) is 10.2. The fourth-order valence-electron chi connectivity index (χ4n) is 3.61. The molecule has 1 atom stereocenters. The summed E-state index contributed by atoms with van der Waals surface area (Å²) in [5, 5.41) is 10.4. The zero-order valence-corrected chi connectivity index (χ0v) is 13.6. The summed E-state index contributed by atoms with van der Waals surface area (Å²) < 4.78 is 5.17. The maximum absolute atomic E-state index is 10.4. The lowest BCUT2D eigenvalue weighted by atomic mass is 9.77. The molecule has 1 aliphatic rings. The molecule has 0 bridgehead atoms. The molecule has 0 saturated heterocycles. The quantitative estimate of drug-likeness (QED) is 0.795. The van der Waals surface area contributed by atoms with Crippen molar-refractivity contribution in [2.45, 2.75) is 64.4 Å². The Morgan fingerprint density at radius 3 is 2.38 bits per heavy atom. The molecule has 1 fully saturated rings. The molecule has 1 aliphatic carbocycles. The highest BCUT2D eigenvalue weighted by atomic mass is 16.5. The average molecular weight is 290 g/mol. The van der Waals surface area contributed by atoms with Crippen LogP contribution in [0.3, 0.4) is 0 Å². The molecule has 2 nitrogen and oxygen atoms in total. The molecule has 0 spiro atoms. The Balaban J connectivity index is 1.73. The van der Waals surface area contributed by atoms with Gasteiger partial charge < -0.3 is 9.84 Å². The predicted octanol–water partition coefficient (Wildman–Crippen LogP) is 4.60. The molecular weight excluding hydrogens is 260 g/mol. The molecule has 1 aromatic carbocycles. The van der Waals surface area contributed by atoms with E-state index >= 15 is 0 Å². The van der Waals surface area contributed by atoms with Crippen molar-refractivity contribution in [3.63, 3.8) is 0 Å². The highest BCUT2D eigenvalue weighted by molar-refractivity contribution is 5.27. The molecule has 21 heavy (non-hydrogen) atoms. The molecule has 1 unspecified atom stereocenters. The fourth-order valence-corrected chi connectivity index (χ4v) is 3.61. The summed E-state index contributed by atoms with van der Waals surface area (Å²) in [7, 11) is 1.69. The van der Waals surface area contributed by atoms with Crippen LogP contribution in [0.4, 0.5) is 0 Å². The van der Waals surface area contributed by atoms with E-state index < -0.39 is 0 Å². The maximum Gasteiger partial charge on any atom is 0.118 e. The van der Waals surface area contributed by atoms with Gasteiger partial charge in [-0.05, 0) is 55.2 Å². The van der Waals surface area contributed by atoms with Gasteiger partial charge in [-0.15, -0.1) is 0 Å². The third-order valence-corrected chi connectivity index (χ3v) is 5.02. The van der Waals surface area contributed by atoms with E-state index in [-0.39, 0.29) is 6.10 Å². The van der Waals surface area contributed by atoms with Gasteiger partial charge in [0.25, 0.3) is 0 Å². The molecule has 2 rings (SSSR count). The number of methoxy groups -OCH3 is 1. The molecule has 118 valence electrons. The smallest absolute Gasteiger partial charge is 0.118 e. The van der Waals surface area contributed by atoms with Crippen molar-refractivity contribution in [2.75, 3.05) is 7.11 Å². The lowest BCUT2D eigenvalue weighted by Gasteiger charge is -2.31. The van der Waals surface area contributed by atoms with Crippen LogP contribution >= 0.6 is 0 Å². The first-order valence-corrected chi connectivity index (χ1v) is 8.54. The second-order valence-electron chi connectivity index (χ2n) is 6.52. The second kappa shape index (κ2) is 8.43. The van der Waals surface area contributed by atoms with Gasteiger partial charge in [0.15, 0.2) is 0 Å². The number of hydrogen-bond donors (Lipinski definition) is 1. The van der Waals surface area contributed by atoms with Crippen molar-refractivity contribution >= 4 is 0 Å². The largest absolute Gasteiger partial charge is 0.497 e. The topological polar surface area (TPSA) is 29.5 Å². The van der Waals surface area contributed by atoms with Crippen LogP contribution in [0.2, 0.25) is 0 Å². The van der Waals surface area contributed by atoms with Crippen molar-refractivity contribution in [2.24, 2.45) is 11.8 Å². The standard InChI is InChI=1S/C19H30O2/c1-3-4-15-5-10-17(11-6-15)19(20)14-9-16-7-12-18(21-2)13-8-16/h7-8,12-13,15,17,19-20H,3-6,9-11,14H2,1-2H3. The van der Waals surface area contributed by atoms with Crippen molar-refractivity contribution in [3.05, 3.63) is 29.8 Å². The summed E-state index contributed by atoms with van der Waals surface area (Å²) in [6.45, 7) is 2.27. The predicted molar refractivity (Wildman–Crippen MR) is 87.7 cm³/mol. The lowest BCUT2D eigenvalue weighted by molar-refractivity contribution is 0.0660. The van der Waals surface area contributed by atoms with E-state index in [2.05, 4.69) is 19.1 Å². The van der Waals surface area contributed by atoms with Crippen LogP contribution in [-0.4, -0.2) is 18.3 Å². The first kappa shape index (κ1) is 16.4. The Labute approximate surface area is 129 Å². The van der Waals surface area contributed by atoms with Gasteiger partial charge in [0, 0.05) is 0 Å². The minimum absolute atomic E-state index is 0.130. The third-order valence-electron chi connectivity index (χ3n) is 5.02. The molecule has 2 heteroatoms. The molecule has 0 aliphatic heterocycles. The van der Waals surface area contributed by atoms with E-state index in [1.54, 1.807) is 7.11 Å². The summed E-state index contributed by atoms with van der Waals surface area (Å²) in [5.41, 5.74) is 1.29. The average Bonchev–Trinajstić information content (AvgIpc) is 2.54. The van der Waals surface area contributed by atoms with Crippen molar-refractivity contribution < 1.29 is 9.84 Å². The van der Waals surface area contributed by atoms with Gasteiger partial charge in [0.1, 0.15) is 5.75 Å². The van der Waals surface area contributed by atoms with Gasteiger partial charge in [-0.25, -0.2) is 0 Å². The van der Waals surface area contributed by atoms with Crippen molar-refractivity contribution in [1.29, 1.82) is 0 Å². The van der Waals surface area contributed by atoms with E-state index in [0.29, 0.717) is 5.92 Å². The molecule has 0 heterocycles. The number of aryl methyl sites for hydroxylation is 1. The normalized spacial score (nSPS) is 23.8. The Kier molecular flexibility index (Phi) is 6.56. The summed E-state index contributed by atoms with van der Waals surface area (Å²) >= 11 is 0. The molecule has 0 aromatic heterocycles. The van der Waals surface area contributed by atoms with Gasteiger partial charge in [0.05, 0.1) is 13.2 Å². The summed E-state index contributed by atoms with van der Waals surface area (Å²) in [6, 6.07) is 8.20. The summed E-state index contributed by atoms with van der Waals surface area (Å²) in [5.74, 6) is 2.34. The molecule has 1 aromatic rings. The van der Waals surface area contributed by atoms with Crippen LogP contribution in [0.5, 0.6) is 5.75 Å². The van der Waals surface area contributed by atoms with E-state index in [9.17, 15) is 5.11 Å². The van der Waals surface area contributed by atoms with E-state index in [0.717, 1.165) is 24.5 Å². The van der Waals surface area contributed by atoms with Gasteiger partial charge in [0.2, 0.25) is 0 Å². The molecule has 0 radical (unpaired) electrons. The zero-order chi connectivity index (χ0) is 15.1. The third kappa shape index (κ3) is 5.03. The minimum atomic E-state index is -0.130. The Morgan fingerprint density at radius 1 is 1.14 bits per heavy atom. The number of aliphatic hydroxyl groups is 1. The second-order valence-corrected chi connectivity index (χ2v) is 6.52. The van der Waals surface area contributed by atoms with E-state index in [4.69, 9.17) is 4.74 Å².